The molecule has 2 N–H and O–H groups in total. The lowest BCUT2D eigenvalue weighted by Crippen LogP contribution is -2.44. The maximum atomic E-state index is 14.1. The molecule has 6 rings (SSSR count). The number of H-pyrrole nitrogens is 1. The van der Waals surface area contributed by atoms with E-state index in [1.165, 1.54) is 11.1 Å². The normalized spacial score (nSPS) is 16.4. The number of methoxy groups -OCH3 is 1. The number of aryl methyl sites for hydroxylation is 2. The van der Waals surface area contributed by atoms with Crippen LogP contribution >= 0.6 is 0 Å². The first-order valence-electron chi connectivity index (χ1n) is 15.4. The number of aromatic nitrogens is 3. The predicted molar refractivity (Wildman–Crippen MR) is 180 cm³/mol. The molecule has 0 bridgehead atoms. The Morgan fingerprint density at radius 3 is 2.50 bits per heavy atom. The zero-order valence-corrected chi connectivity index (χ0v) is 27.5. The van der Waals surface area contributed by atoms with Gasteiger partial charge in [-0.1, -0.05) is 6.08 Å². The van der Waals surface area contributed by atoms with Gasteiger partial charge in [0.05, 0.1) is 29.5 Å². The van der Waals surface area contributed by atoms with E-state index in [1.54, 1.807) is 44.4 Å². The standard InChI is InChI=1S/C34H40N6O5S/c1-6-9-34(10-11-34)46(43,44)40-21-22(2)31-26(32(41)36-20-27-29(45-5)16-23(3)37-33(27)42)17-25(18-28(31)40)24-7-8-30(35-19-24)39-14-12-38(4)13-15-39/h6-8,16-19,21H,1,9-15,20H2,2-5H3,(H,36,41)(H,37,42). The summed E-state index contributed by atoms with van der Waals surface area (Å²) in [6, 6.07) is 9.20. The minimum Gasteiger partial charge on any atom is -0.496 e. The number of piperazine rings is 1. The van der Waals surface area contributed by atoms with Crippen molar-refractivity contribution in [3.63, 3.8) is 0 Å². The molecule has 3 aromatic heterocycles. The van der Waals surface area contributed by atoms with Crippen LogP contribution in [0.15, 0.2) is 60.2 Å². The van der Waals surface area contributed by atoms with Crippen LogP contribution in [0, 0.1) is 13.8 Å². The average molecular weight is 645 g/mol. The van der Waals surface area contributed by atoms with Crippen molar-refractivity contribution in [1.29, 1.82) is 0 Å². The summed E-state index contributed by atoms with van der Waals surface area (Å²) in [6.07, 6.45) is 6.48. The van der Waals surface area contributed by atoms with Crippen LogP contribution in [0.1, 0.15) is 46.4 Å². The molecule has 4 heterocycles. The summed E-state index contributed by atoms with van der Waals surface area (Å²) in [6.45, 7) is 10.9. The van der Waals surface area contributed by atoms with E-state index in [4.69, 9.17) is 9.72 Å². The highest BCUT2D eigenvalue weighted by Crippen LogP contribution is 2.49. The van der Waals surface area contributed by atoms with Crippen molar-refractivity contribution in [2.24, 2.45) is 0 Å². The number of carbonyl (C=O) groups excluding carboxylic acids is 1. The van der Waals surface area contributed by atoms with Crippen LogP contribution in [0.3, 0.4) is 0 Å². The van der Waals surface area contributed by atoms with Gasteiger partial charge in [-0.25, -0.2) is 17.4 Å². The number of nitrogens with zero attached hydrogens (tertiary/aromatic N) is 4. The summed E-state index contributed by atoms with van der Waals surface area (Å²) < 4.78 is 34.0. The molecule has 4 aromatic rings. The topological polar surface area (TPSA) is 130 Å². The van der Waals surface area contributed by atoms with E-state index < -0.39 is 20.7 Å². The zero-order valence-electron chi connectivity index (χ0n) is 26.7. The van der Waals surface area contributed by atoms with Crippen LogP contribution < -0.4 is 20.5 Å². The molecule has 46 heavy (non-hydrogen) atoms. The molecule has 0 atom stereocenters. The lowest BCUT2D eigenvalue weighted by atomic mass is 9.99. The Bertz CT molecular complexity index is 1980. The highest BCUT2D eigenvalue weighted by atomic mass is 32.2. The van der Waals surface area contributed by atoms with Crippen molar-refractivity contribution >= 4 is 32.7 Å². The minimum absolute atomic E-state index is 0.0783. The number of rotatable bonds is 10. The molecule has 0 spiro atoms. The van der Waals surface area contributed by atoms with Gasteiger partial charge in [-0.2, -0.15) is 0 Å². The van der Waals surface area contributed by atoms with Crippen LogP contribution in [-0.4, -0.2) is 78.2 Å². The van der Waals surface area contributed by atoms with Crippen molar-refractivity contribution in [3.05, 3.63) is 88.1 Å². The van der Waals surface area contributed by atoms with E-state index in [-0.39, 0.29) is 17.7 Å². The lowest BCUT2D eigenvalue weighted by Gasteiger charge is -2.33. The van der Waals surface area contributed by atoms with Crippen molar-refractivity contribution < 1.29 is 17.9 Å². The number of nitrogens with one attached hydrogen (secondary N) is 2. The van der Waals surface area contributed by atoms with Crippen LogP contribution in [0.4, 0.5) is 5.82 Å². The third kappa shape index (κ3) is 5.60. The molecule has 12 heteroatoms. The Morgan fingerprint density at radius 1 is 1.13 bits per heavy atom. The van der Waals surface area contributed by atoms with Gasteiger partial charge in [0.1, 0.15) is 11.6 Å². The highest BCUT2D eigenvalue weighted by Gasteiger charge is 2.54. The number of amides is 1. The number of allylic oxidation sites excluding steroid dienone is 1. The first kappa shape index (κ1) is 31.6. The summed E-state index contributed by atoms with van der Waals surface area (Å²) >= 11 is 0. The van der Waals surface area contributed by atoms with E-state index in [9.17, 15) is 18.0 Å². The largest absolute Gasteiger partial charge is 0.496 e. The number of likely N-dealkylation sites (N-methyl/N-ethyl adjacent to an activating group) is 1. The van der Waals surface area contributed by atoms with E-state index in [0.717, 1.165) is 37.6 Å². The van der Waals surface area contributed by atoms with E-state index in [2.05, 4.69) is 33.7 Å². The molecular weight excluding hydrogens is 604 g/mol. The number of benzene rings is 1. The van der Waals surface area contributed by atoms with Gasteiger partial charge in [-0.3, -0.25) is 9.59 Å². The second-order valence-electron chi connectivity index (χ2n) is 12.4. The maximum absolute atomic E-state index is 14.1. The maximum Gasteiger partial charge on any atom is 0.256 e. The Hall–Kier alpha value is -4.42. The Balaban J connectivity index is 1.43. The molecule has 0 radical (unpaired) electrons. The predicted octanol–water partition coefficient (Wildman–Crippen LogP) is 3.99. The number of fused-ring (bicyclic) bond motifs is 1. The molecule has 2 fully saturated rings. The first-order chi connectivity index (χ1) is 22.0. The number of carbonyl (C=O) groups is 1. The van der Waals surface area contributed by atoms with Gasteiger partial charge in [0.15, 0.2) is 0 Å². The average Bonchev–Trinajstić information content (AvgIpc) is 3.76. The van der Waals surface area contributed by atoms with Gasteiger partial charge in [-0.05, 0) is 81.6 Å². The summed E-state index contributed by atoms with van der Waals surface area (Å²) in [7, 11) is -0.233. The van der Waals surface area contributed by atoms with Gasteiger partial charge in [-0.15, -0.1) is 6.58 Å². The molecule has 2 aliphatic rings. The third-order valence-corrected chi connectivity index (χ3v) is 11.7. The van der Waals surface area contributed by atoms with Crippen LogP contribution in [-0.2, 0) is 16.6 Å². The van der Waals surface area contributed by atoms with Gasteiger partial charge in [0.25, 0.3) is 11.5 Å². The molecule has 1 amide bonds. The minimum atomic E-state index is -3.81. The molecule has 1 saturated carbocycles. The number of hydrogen-bond donors (Lipinski definition) is 2. The number of ether oxygens (including phenoxy) is 1. The molecule has 242 valence electrons. The molecule has 11 nitrogen and oxygen atoms in total. The summed E-state index contributed by atoms with van der Waals surface area (Å²) in [5.41, 5.74) is 3.36. The molecular formula is C34H40N6O5S. The smallest absolute Gasteiger partial charge is 0.256 e. The fraction of sp³-hybridized carbons (Fsp3) is 0.382. The first-order valence-corrected chi connectivity index (χ1v) is 16.9. The molecule has 1 aliphatic carbocycles. The van der Waals surface area contributed by atoms with Crippen molar-refractivity contribution in [1.82, 2.24) is 24.2 Å². The molecule has 1 aliphatic heterocycles. The zero-order chi connectivity index (χ0) is 32.8. The summed E-state index contributed by atoms with van der Waals surface area (Å²) in [4.78, 5) is 38.7. The molecule has 1 aromatic carbocycles. The second-order valence-corrected chi connectivity index (χ2v) is 14.6. The van der Waals surface area contributed by atoms with E-state index >= 15 is 0 Å². The molecule has 0 unspecified atom stereocenters. The third-order valence-electron chi connectivity index (χ3n) is 9.22. The summed E-state index contributed by atoms with van der Waals surface area (Å²) in [5.74, 6) is 0.800. The van der Waals surface area contributed by atoms with E-state index in [1.807, 2.05) is 18.2 Å². The van der Waals surface area contributed by atoms with Crippen LogP contribution in [0.5, 0.6) is 5.75 Å². The van der Waals surface area contributed by atoms with Crippen molar-refractivity contribution in [2.75, 3.05) is 45.2 Å². The Morgan fingerprint density at radius 2 is 1.87 bits per heavy atom. The quantitative estimate of drug-likeness (QED) is 0.248. The molecule has 1 saturated heterocycles. The fourth-order valence-electron chi connectivity index (χ4n) is 6.33. The number of pyridine rings is 2. The van der Waals surface area contributed by atoms with Gasteiger partial charge >= 0.3 is 0 Å². The number of anilines is 1. The Kier molecular flexibility index (Phi) is 8.28. The number of hydrogen-bond acceptors (Lipinski definition) is 8. The van der Waals surface area contributed by atoms with E-state index in [0.29, 0.717) is 58.3 Å². The lowest BCUT2D eigenvalue weighted by molar-refractivity contribution is 0.0952. The van der Waals surface area contributed by atoms with Gasteiger partial charge in [0, 0.05) is 60.8 Å². The summed E-state index contributed by atoms with van der Waals surface area (Å²) in [5, 5.41) is 3.41. The van der Waals surface area contributed by atoms with Gasteiger partial charge in [0.2, 0.25) is 10.0 Å². The highest BCUT2D eigenvalue weighted by molar-refractivity contribution is 7.91. The Labute approximate surface area is 268 Å². The second kappa shape index (κ2) is 12.1. The van der Waals surface area contributed by atoms with Crippen LogP contribution in [0.25, 0.3) is 22.0 Å². The van der Waals surface area contributed by atoms with Crippen LogP contribution in [0.2, 0.25) is 0 Å². The van der Waals surface area contributed by atoms with Gasteiger partial charge < -0.3 is 24.8 Å². The fourth-order valence-corrected chi connectivity index (χ4v) is 8.39. The SMILES string of the molecule is C=CCC1(S(=O)(=O)n2cc(C)c3c(C(=O)NCc4c(OC)cc(C)[nH]c4=O)cc(-c4ccc(N5CCN(C)CC5)nc4)cc32)CC1. The van der Waals surface area contributed by atoms with Crippen molar-refractivity contribution in [3.8, 4) is 16.9 Å². The monoisotopic (exact) mass is 644 g/mol. The van der Waals surface area contributed by atoms with Crippen molar-refractivity contribution in [2.45, 2.75) is 44.4 Å². The number of aromatic amines is 1.